The Hall–Kier alpha value is -1.26. The highest BCUT2D eigenvalue weighted by atomic mass is 16.4. The van der Waals surface area contributed by atoms with E-state index >= 15 is 0 Å². The maximum atomic E-state index is 11.8. The van der Waals surface area contributed by atoms with Gasteiger partial charge in [-0.25, -0.2) is 9.59 Å². The Kier molecular flexibility index (Phi) is 7.49. The highest BCUT2D eigenvalue weighted by Gasteiger charge is 2.32. The Morgan fingerprint density at radius 3 is 2.16 bits per heavy atom. The predicted molar refractivity (Wildman–Crippen MR) is 76.2 cm³/mol. The molecule has 0 rings (SSSR count). The Bertz CT molecular complexity index is 298. The van der Waals surface area contributed by atoms with Crippen molar-refractivity contribution in [3.05, 3.63) is 0 Å². The zero-order chi connectivity index (χ0) is 15.1. The molecular weight excluding hydrogens is 244 g/mol. The van der Waals surface area contributed by atoms with E-state index in [1.807, 2.05) is 6.92 Å². The fourth-order valence-corrected chi connectivity index (χ4v) is 1.82. The van der Waals surface area contributed by atoms with E-state index in [0.717, 1.165) is 25.7 Å². The van der Waals surface area contributed by atoms with E-state index in [1.54, 1.807) is 20.8 Å². The Labute approximate surface area is 116 Å². The average molecular weight is 272 g/mol. The lowest BCUT2D eigenvalue weighted by molar-refractivity contribution is -0.141. The van der Waals surface area contributed by atoms with Gasteiger partial charge in [-0.1, -0.05) is 47.0 Å². The van der Waals surface area contributed by atoms with Crippen LogP contribution < -0.4 is 10.6 Å². The van der Waals surface area contributed by atoms with Crippen molar-refractivity contribution in [2.45, 2.75) is 72.4 Å². The number of rotatable bonds is 7. The number of amides is 2. The van der Waals surface area contributed by atoms with E-state index in [1.165, 1.54) is 0 Å². The molecule has 5 nitrogen and oxygen atoms in total. The summed E-state index contributed by atoms with van der Waals surface area (Å²) in [6, 6.07) is -1.25. The smallest absolute Gasteiger partial charge is 0.326 e. The molecule has 0 heterocycles. The number of carbonyl (C=O) groups excluding carboxylic acids is 1. The number of aliphatic carboxylic acids is 1. The third-order valence-electron chi connectivity index (χ3n) is 3.01. The monoisotopic (exact) mass is 272 g/mol. The number of nitrogens with one attached hydrogen (secondary N) is 2. The first-order valence-corrected chi connectivity index (χ1v) is 6.98. The molecule has 5 heteroatoms. The molecule has 0 radical (unpaired) electrons. The molecule has 0 fully saturated rings. The van der Waals surface area contributed by atoms with Crippen molar-refractivity contribution in [1.82, 2.24) is 10.6 Å². The van der Waals surface area contributed by atoms with Gasteiger partial charge in [-0.05, 0) is 18.8 Å². The lowest BCUT2D eigenvalue weighted by atomic mass is 9.87. The van der Waals surface area contributed by atoms with Crippen LogP contribution in [0, 0.1) is 5.41 Å². The van der Waals surface area contributed by atoms with E-state index in [-0.39, 0.29) is 6.04 Å². The number of carboxylic acid groups (broad SMARTS) is 1. The predicted octanol–water partition coefficient (Wildman–Crippen LogP) is 2.75. The summed E-state index contributed by atoms with van der Waals surface area (Å²) in [5, 5.41) is 14.4. The Morgan fingerprint density at radius 2 is 1.74 bits per heavy atom. The number of unbranched alkanes of at least 4 members (excludes halogenated alkanes) is 2. The van der Waals surface area contributed by atoms with Gasteiger partial charge in [-0.15, -0.1) is 0 Å². The molecule has 0 aliphatic rings. The molecule has 0 aromatic heterocycles. The first-order valence-electron chi connectivity index (χ1n) is 6.98. The van der Waals surface area contributed by atoms with Crippen molar-refractivity contribution >= 4 is 12.0 Å². The lowest BCUT2D eigenvalue weighted by Crippen LogP contribution is -2.53. The largest absolute Gasteiger partial charge is 0.480 e. The summed E-state index contributed by atoms with van der Waals surface area (Å²) >= 11 is 0. The first kappa shape index (κ1) is 17.7. The molecule has 3 N–H and O–H groups in total. The molecule has 112 valence electrons. The van der Waals surface area contributed by atoms with Gasteiger partial charge in [0.2, 0.25) is 0 Å². The quantitative estimate of drug-likeness (QED) is 0.623. The number of hydrogen-bond acceptors (Lipinski definition) is 2. The second-order valence-corrected chi connectivity index (χ2v) is 6.15. The minimum absolute atomic E-state index is 0.0564. The van der Waals surface area contributed by atoms with Crippen LogP contribution in [0.1, 0.15) is 60.3 Å². The minimum Gasteiger partial charge on any atom is -0.480 e. The van der Waals surface area contributed by atoms with Gasteiger partial charge < -0.3 is 15.7 Å². The summed E-state index contributed by atoms with van der Waals surface area (Å²) in [5.41, 5.74) is -0.519. The maximum Gasteiger partial charge on any atom is 0.326 e. The molecule has 0 aliphatic heterocycles. The van der Waals surface area contributed by atoms with Crippen LogP contribution in [0.3, 0.4) is 0 Å². The highest BCUT2D eigenvalue weighted by molar-refractivity contribution is 5.83. The number of hydrogen-bond donors (Lipinski definition) is 3. The number of urea groups is 1. The Morgan fingerprint density at radius 1 is 1.16 bits per heavy atom. The molecule has 0 spiro atoms. The summed E-state index contributed by atoms with van der Waals surface area (Å²) < 4.78 is 0. The molecule has 0 saturated carbocycles. The van der Waals surface area contributed by atoms with Crippen molar-refractivity contribution in [2.75, 3.05) is 0 Å². The third-order valence-corrected chi connectivity index (χ3v) is 3.01. The van der Waals surface area contributed by atoms with Crippen molar-refractivity contribution in [3.63, 3.8) is 0 Å². The molecule has 2 atom stereocenters. The van der Waals surface area contributed by atoms with Gasteiger partial charge in [0.25, 0.3) is 0 Å². The van der Waals surface area contributed by atoms with Gasteiger partial charge >= 0.3 is 12.0 Å². The lowest BCUT2D eigenvalue weighted by Gasteiger charge is -2.28. The van der Waals surface area contributed by atoms with E-state index in [9.17, 15) is 9.59 Å². The van der Waals surface area contributed by atoms with Crippen molar-refractivity contribution in [3.8, 4) is 0 Å². The molecule has 2 unspecified atom stereocenters. The summed E-state index contributed by atoms with van der Waals surface area (Å²) in [5.74, 6) is -1.01. The zero-order valence-corrected chi connectivity index (χ0v) is 12.7. The van der Waals surface area contributed by atoms with Crippen molar-refractivity contribution in [2.24, 2.45) is 5.41 Å². The molecule has 0 bridgehead atoms. The summed E-state index contributed by atoms with van der Waals surface area (Å²) in [7, 11) is 0. The van der Waals surface area contributed by atoms with Gasteiger partial charge in [-0.2, -0.15) is 0 Å². The number of carbonyl (C=O) groups is 2. The molecule has 2 amide bonds. The SMILES string of the molecule is CCCCCC(C)NC(=O)NC(C(=O)O)C(C)(C)C. The highest BCUT2D eigenvalue weighted by Crippen LogP contribution is 2.19. The number of carboxylic acids is 1. The van der Waals surface area contributed by atoms with Gasteiger partial charge in [0.05, 0.1) is 0 Å². The van der Waals surface area contributed by atoms with Crippen LogP contribution in [-0.2, 0) is 4.79 Å². The molecule has 0 aromatic rings. The molecule has 0 aromatic carbocycles. The normalized spacial score (nSPS) is 14.6. The fourth-order valence-electron chi connectivity index (χ4n) is 1.82. The fraction of sp³-hybridized carbons (Fsp3) is 0.857. The van der Waals surface area contributed by atoms with Crippen LogP contribution in [0.5, 0.6) is 0 Å². The van der Waals surface area contributed by atoms with Crippen molar-refractivity contribution in [1.29, 1.82) is 0 Å². The summed E-state index contributed by atoms with van der Waals surface area (Å²) in [4.78, 5) is 22.9. The van der Waals surface area contributed by atoms with Crippen LogP contribution in [0.15, 0.2) is 0 Å². The minimum atomic E-state index is -1.01. The average Bonchev–Trinajstić information content (AvgIpc) is 2.24. The third kappa shape index (κ3) is 7.70. The van der Waals surface area contributed by atoms with Crippen LogP contribution in [0.4, 0.5) is 4.79 Å². The molecular formula is C14H28N2O3. The second-order valence-electron chi connectivity index (χ2n) is 6.15. The van der Waals surface area contributed by atoms with Gasteiger partial charge in [-0.3, -0.25) is 0 Å². The second kappa shape index (κ2) is 8.02. The van der Waals surface area contributed by atoms with Gasteiger partial charge in [0, 0.05) is 6.04 Å². The van der Waals surface area contributed by atoms with E-state index in [4.69, 9.17) is 5.11 Å². The maximum absolute atomic E-state index is 11.8. The van der Waals surface area contributed by atoms with E-state index < -0.39 is 23.5 Å². The van der Waals surface area contributed by atoms with E-state index in [2.05, 4.69) is 17.6 Å². The zero-order valence-electron chi connectivity index (χ0n) is 12.7. The standard InChI is InChI=1S/C14H28N2O3/c1-6-7-8-9-10(2)15-13(19)16-11(12(17)18)14(3,4)5/h10-11H,6-9H2,1-5H3,(H,17,18)(H2,15,16,19). The molecule has 0 aliphatic carbocycles. The van der Waals surface area contributed by atoms with E-state index in [0.29, 0.717) is 0 Å². The van der Waals surface area contributed by atoms with Gasteiger partial charge in [0.1, 0.15) is 6.04 Å². The Balaban J connectivity index is 4.24. The molecule has 0 saturated heterocycles. The summed E-state index contributed by atoms with van der Waals surface area (Å²) in [6.07, 6.45) is 4.27. The van der Waals surface area contributed by atoms with Crippen LogP contribution in [0.2, 0.25) is 0 Å². The molecule has 19 heavy (non-hydrogen) atoms. The first-order chi connectivity index (χ1) is 8.68. The van der Waals surface area contributed by atoms with Crippen molar-refractivity contribution < 1.29 is 14.7 Å². The van der Waals surface area contributed by atoms with Crippen LogP contribution in [0.25, 0.3) is 0 Å². The summed E-state index contributed by atoms with van der Waals surface area (Å²) in [6.45, 7) is 9.43. The van der Waals surface area contributed by atoms with Crippen LogP contribution in [-0.4, -0.2) is 29.2 Å². The topological polar surface area (TPSA) is 78.4 Å². The van der Waals surface area contributed by atoms with Gasteiger partial charge in [0.15, 0.2) is 0 Å². The van der Waals surface area contributed by atoms with Crippen LogP contribution >= 0.6 is 0 Å².